The Morgan fingerprint density at radius 2 is 1.85 bits per heavy atom. The quantitative estimate of drug-likeness (QED) is 0.238. The van der Waals surface area contributed by atoms with Crippen LogP contribution in [-0.2, 0) is 22.7 Å². The molecule has 1 aliphatic rings. The highest BCUT2D eigenvalue weighted by atomic mass is 127. The van der Waals surface area contributed by atoms with Gasteiger partial charge in [0.1, 0.15) is 0 Å². The van der Waals surface area contributed by atoms with Crippen LogP contribution in [0.5, 0.6) is 0 Å². The number of nitrogens with zero attached hydrogens (tertiary/aromatic N) is 1. The molecular formula is C20H32IN3O3. The molecule has 2 rings (SSSR count). The van der Waals surface area contributed by atoms with Gasteiger partial charge in [-0.1, -0.05) is 24.3 Å². The average Bonchev–Trinajstić information content (AvgIpc) is 2.67. The maximum Gasteiger partial charge on any atom is 0.308 e. The fourth-order valence-corrected chi connectivity index (χ4v) is 3.28. The van der Waals surface area contributed by atoms with Crippen LogP contribution in [0.4, 0.5) is 0 Å². The van der Waals surface area contributed by atoms with E-state index < -0.39 is 0 Å². The van der Waals surface area contributed by atoms with Gasteiger partial charge in [-0.15, -0.1) is 24.0 Å². The van der Waals surface area contributed by atoms with Crippen molar-refractivity contribution in [2.75, 3.05) is 13.2 Å². The Balaban J connectivity index is 0.00000364. The number of carbonyl (C=O) groups is 1. The van der Waals surface area contributed by atoms with Gasteiger partial charge in [0.15, 0.2) is 5.96 Å². The van der Waals surface area contributed by atoms with E-state index in [4.69, 9.17) is 4.74 Å². The Morgan fingerprint density at radius 3 is 2.44 bits per heavy atom. The normalized spacial score (nSPS) is 19.7. The van der Waals surface area contributed by atoms with E-state index in [1.165, 1.54) is 0 Å². The first-order chi connectivity index (χ1) is 12.7. The number of aliphatic hydroxyl groups is 1. The van der Waals surface area contributed by atoms with Crippen LogP contribution in [0.2, 0.25) is 0 Å². The summed E-state index contributed by atoms with van der Waals surface area (Å²) < 4.78 is 5.13. The van der Waals surface area contributed by atoms with E-state index in [1.54, 1.807) is 0 Å². The first-order valence-corrected chi connectivity index (χ1v) is 9.57. The topological polar surface area (TPSA) is 83.0 Å². The van der Waals surface area contributed by atoms with Gasteiger partial charge in [0, 0.05) is 12.6 Å². The Kier molecular flexibility index (Phi) is 11.3. The molecule has 0 spiro atoms. The summed E-state index contributed by atoms with van der Waals surface area (Å²) in [7, 11) is 0. The molecule has 0 atom stereocenters. The second-order valence-electron chi connectivity index (χ2n) is 6.57. The molecule has 0 saturated heterocycles. The van der Waals surface area contributed by atoms with Crippen LogP contribution < -0.4 is 10.6 Å². The SMILES string of the molecule is CCNC(=NCc1ccccc1CO)NC1CCC(C(=O)OCC)CC1.I. The molecule has 3 N–H and O–H groups in total. The predicted octanol–water partition coefficient (Wildman–Crippen LogP) is 2.97. The third kappa shape index (κ3) is 7.65. The Morgan fingerprint density at radius 1 is 1.19 bits per heavy atom. The van der Waals surface area contributed by atoms with Crippen LogP contribution in [0.15, 0.2) is 29.3 Å². The highest BCUT2D eigenvalue weighted by Crippen LogP contribution is 2.25. The molecule has 0 amide bonds. The zero-order valence-corrected chi connectivity index (χ0v) is 18.6. The highest BCUT2D eigenvalue weighted by molar-refractivity contribution is 14.0. The number of aliphatic hydroxyl groups excluding tert-OH is 1. The van der Waals surface area contributed by atoms with Crippen molar-refractivity contribution >= 4 is 35.9 Å². The standard InChI is InChI=1S/C20H31N3O3.HI/c1-3-21-20(22-13-16-7-5-6-8-17(16)14-24)23-18-11-9-15(10-12-18)19(25)26-4-2;/h5-8,15,18,24H,3-4,9-14H2,1-2H3,(H2,21,22,23);1H. The largest absolute Gasteiger partial charge is 0.466 e. The van der Waals surface area contributed by atoms with Gasteiger partial charge in [0.05, 0.1) is 25.7 Å². The number of hydrogen-bond donors (Lipinski definition) is 3. The molecule has 27 heavy (non-hydrogen) atoms. The summed E-state index contributed by atoms with van der Waals surface area (Å²) in [4.78, 5) is 16.5. The average molecular weight is 489 g/mol. The molecule has 6 nitrogen and oxygen atoms in total. The molecule has 0 bridgehead atoms. The number of ether oxygens (including phenoxy) is 1. The minimum atomic E-state index is -0.0628. The maximum atomic E-state index is 11.9. The summed E-state index contributed by atoms with van der Waals surface area (Å²) in [6.07, 6.45) is 3.56. The number of nitrogens with one attached hydrogen (secondary N) is 2. The number of aliphatic imine (C=N–C) groups is 1. The van der Waals surface area contributed by atoms with E-state index in [0.29, 0.717) is 19.2 Å². The van der Waals surface area contributed by atoms with Gasteiger partial charge in [0.2, 0.25) is 0 Å². The first kappa shape index (κ1) is 23.7. The van der Waals surface area contributed by atoms with E-state index in [1.807, 2.05) is 38.1 Å². The van der Waals surface area contributed by atoms with Gasteiger partial charge in [-0.2, -0.15) is 0 Å². The molecular weight excluding hydrogens is 457 g/mol. The summed E-state index contributed by atoms with van der Waals surface area (Å²) in [5, 5.41) is 16.2. The number of rotatable bonds is 7. The molecule has 1 fully saturated rings. The molecule has 152 valence electrons. The van der Waals surface area contributed by atoms with Crippen LogP contribution in [0.3, 0.4) is 0 Å². The van der Waals surface area contributed by atoms with Crippen LogP contribution in [-0.4, -0.2) is 36.2 Å². The second kappa shape index (κ2) is 12.9. The Labute approximate surface area is 179 Å². The molecule has 1 saturated carbocycles. The predicted molar refractivity (Wildman–Crippen MR) is 118 cm³/mol. The molecule has 0 unspecified atom stereocenters. The zero-order chi connectivity index (χ0) is 18.8. The molecule has 0 radical (unpaired) electrons. The van der Waals surface area contributed by atoms with Crippen molar-refractivity contribution in [2.45, 2.75) is 58.7 Å². The number of carbonyl (C=O) groups excluding carboxylic acids is 1. The lowest BCUT2D eigenvalue weighted by Gasteiger charge is -2.29. The smallest absolute Gasteiger partial charge is 0.308 e. The summed E-state index contributed by atoms with van der Waals surface area (Å²) in [6, 6.07) is 8.10. The van der Waals surface area contributed by atoms with Crippen molar-refractivity contribution in [1.82, 2.24) is 10.6 Å². The lowest BCUT2D eigenvalue weighted by Crippen LogP contribution is -2.45. The molecule has 0 aromatic heterocycles. The summed E-state index contributed by atoms with van der Waals surface area (Å²) in [6.45, 7) is 5.66. The van der Waals surface area contributed by atoms with Crippen molar-refractivity contribution in [3.05, 3.63) is 35.4 Å². The minimum Gasteiger partial charge on any atom is -0.466 e. The van der Waals surface area contributed by atoms with Gasteiger partial charge >= 0.3 is 5.97 Å². The number of esters is 1. The van der Waals surface area contributed by atoms with Crippen molar-refractivity contribution in [2.24, 2.45) is 10.9 Å². The van der Waals surface area contributed by atoms with Crippen LogP contribution in [0.1, 0.15) is 50.7 Å². The fraction of sp³-hybridized carbons (Fsp3) is 0.600. The molecule has 1 aromatic rings. The van der Waals surface area contributed by atoms with Crippen LogP contribution in [0, 0.1) is 5.92 Å². The number of benzene rings is 1. The zero-order valence-electron chi connectivity index (χ0n) is 16.2. The van der Waals surface area contributed by atoms with Gasteiger partial charge in [-0.3, -0.25) is 4.79 Å². The molecule has 7 heteroatoms. The van der Waals surface area contributed by atoms with E-state index in [-0.39, 0.29) is 42.5 Å². The van der Waals surface area contributed by atoms with Crippen LogP contribution in [0.25, 0.3) is 0 Å². The summed E-state index contributed by atoms with van der Waals surface area (Å²) in [5.74, 6) is 0.746. The van der Waals surface area contributed by atoms with Crippen molar-refractivity contribution in [3.8, 4) is 0 Å². The van der Waals surface area contributed by atoms with Crippen LogP contribution >= 0.6 is 24.0 Å². The Hall–Kier alpha value is -1.35. The van der Waals surface area contributed by atoms with E-state index in [9.17, 15) is 9.90 Å². The minimum absolute atomic E-state index is 0. The summed E-state index contributed by atoms with van der Waals surface area (Å²) in [5.41, 5.74) is 1.93. The highest BCUT2D eigenvalue weighted by Gasteiger charge is 2.27. The van der Waals surface area contributed by atoms with Gasteiger partial charge < -0.3 is 20.5 Å². The fourth-order valence-electron chi connectivity index (χ4n) is 3.28. The third-order valence-electron chi connectivity index (χ3n) is 4.73. The van der Waals surface area contributed by atoms with Crippen molar-refractivity contribution in [3.63, 3.8) is 0 Å². The lowest BCUT2D eigenvalue weighted by atomic mass is 9.86. The number of hydrogen-bond acceptors (Lipinski definition) is 4. The summed E-state index contributed by atoms with van der Waals surface area (Å²) >= 11 is 0. The van der Waals surface area contributed by atoms with Gasteiger partial charge in [-0.05, 0) is 50.7 Å². The van der Waals surface area contributed by atoms with Crippen molar-refractivity contribution < 1.29 is 14.6 Å². The molecule has 0 heterocycles. The monoisotopic (exact) mass is 489 g/mol. The molecule has 0 aliphatic heterocycles. The third-order valence-corrected chi connectivity index (χ3v) is 4.73. The van der Waals surface area contributed by atoms with E-state index in [0.717, 1.165) is 49.3 Å². The second-order valence-corrected chi connectivity index (χ2v) is 6.57. The number of guanidine groups is 1. The Bertz CT molecular complexity index is 602. The lowest BCUT2D eigenvalue weighted by molar-refractivity contribution is -0.149. The van der Waals surface area contributed by atoms with Gasteiger partial charge in [-0.25, -0.2) is 4.99 Å². The number of halogens is 1. The first-order valence-electron chi connectivity index (χ1n) is 9.57. The van der Waals surface area contributed by atoms with Gasteiger partial charge in [0.25, 0.3) is 0 Å². The molecule has 1 aliphatic carbocycles. The van der Waals surface area contributed by atoms with Crippen molar-refractivity contribution in [1.29, 1.82) is 0 Å². The maximum absolute atomic E-state index is 11.9. The van der Waals surface area contributed by atoms with E-state index in [2.05, 4.69) is 15.6 Å². The molecule has 1 aromatic carbocycles. The van der Waals surface area contributed by atoms with E-state index >= 15 is 0 Å².